The fraction of sp³-hybridized carbons (Fsp3) is 0.333. The Hall–Kier alpha value is -0.540. The van der Waals surface area contributed by atoms with Crippen LogP contribution < -0.4 is 0 Å². The molecular formula is C9H10ClNOS. The van der Waals surface area contributed by atoms with Gasteiger partial charge in [-0.15, -0.1) is 0 Å². The molecule has 0 atom stereocenters. The summed E-state index contributed by atoms with van der Waals surface area (Å²) in [5.41, 5.74) is 0.734. The van der Waals surface area contributed by atoms with Gasteiger partial charge in [0.05, 0.1) is 15.4 Å². The number of hydrogen-bond acceptors (Lipinski definition) is 2. The van der Waals surface area contributed by atoms with E-state index in [9.17, 15) is 4.21 Å². The molecule has 1 heterocycles. The van der Waals surface area contributed by atoms with Crippen molar-refractivity contribution in [1.82, 2.24) is 0 Å². The second-order valence-corrected chi connectivity index (χ2v) is 6.09. The molecule has 1 aromatic rings. The van der Waals surface area contributed by atoms with E-state index >= 15 is 0 Å². The summed E-state index contributed by atoms with van der Waals surface area (Å²) < 4.78 is 15.9. The lowest BCUT2D eigenvalue weighted by molar-refractivity contribution is 0.663. The molecule has 2 rings (SSSR count). The minimum absolute atomic E-state index is 0.642. The molecule has 1 aliphatic heterocycles. The van der Waals surface area contributed by atoms with E-state index in [1.807, 2.05) is 12.1 Å². The van der Waals surface area contributed by atoms with E-state index in [1.165, 1.54) is 0 Å². The van der Waals surface area contributed by atoms with Gasteiger partial charge in [-0.3, -0.25) is 0 Å². The maximum Gasteiger partial charge on any atom is 0.0745 e. The van der Waals surface area contributed by atoms with Gasteiger partial charge in [-0.2, -0.15) is 4.36 Å². The standard InChI is InChI=1S/C9H10ClNOS/c10-8-3-1-4-9(7-8)11-13(12)5-2-6-13/h1,3-4,7H,2,5-6H2. The molecule has 0 aromatic heterocycles. The van der Waals surface area contributed by atoms with Gasteiger partial charge in [-0.25, -0.2) is 4.21 Å². The van der Waals surface area contributed by atoms with Gasteiger partial charge in [0.2, 0.25) is 0 Å². The highest BCUT2D eigenvalue weighted by Crippen LogP contribution is 2.23. The maximum absolute atomic E-state index is 11.7. The summed E-state index contributed by atoms with van der Waals surface area (Å²) in [4.78, 5) is 0. The highest BCUT2D eigenvalue weighted by atomic mass is 35.5. The van der Waals surface area contributed by atoms with Crippen LogP contribution in [-0.2, 0) is 9.73 Å². The van der Waals surface area contributed by atoms with Gasteiger partial charge in [-0.1, -0.05) is 17.7 Å². The minimum atomic E-state index is -1.89. The molecule has 4 heteroatoms. The van der Waals surface area contributed by atoms with Crippen molar-refractivity contribution in [2.24, 2.45) is 4.36 Å². The van der Waals surface area contributed by atoms with Gasteiger partial charge in [-0.05, 0) is 24.6 Å². The Bertz CT molecular complexity index is 425. The highest BCUT2D eigenvalue weighted by molar-refractivity contribution is 7.95. The topological polar surface area (TPSA) is 29.4 Å². The van der Waals surface area contributed by atoms with Crippen LogP contribution in [0.3, 0.4) is 0 Å². The summed E-state index contributed by atoms with van der Waals surface area (Å²) in [5, 5.41) is 0.642. The van der Waals surface area contributed by atoms with Crippen molar-refractivity contribution in [2.75, 3.05) is 11.5 Å². The van der Waals surface area contributed by atoms with Crippen LogP contribution in [0.15, 0.2) is 28.6 Å². The van der Waals surface area contributed by atoms with E-state index in [2.05, 4.69) is 4.36 Å². The smallest absolute Gasteiger partial charge is 0.0745 e. The molecule has 1 saturated heterocycles. The molecule has 70 valence electrons. The van der Waals surface area contributed by atoms with Crippen LogP contribution in [0.2, 0.25) is 5.02 Å². The van der Waals surface area contributed by atoms with Crippen LogP contribution in [0.4, 0.5) is 5.69 Å². The van der Waals surface area contributed by atoms with Gasteiger partial charge in [0.25, 0.3) is 0 Å². The molecule has 0 spiro atoms. The number of benzene rings is 1. The average molecular weight is 216 g/mol. The summed E-state index contributed by atoms with van der Waals surface area (Å²) in [6.45, 7) is 0. The van der Waals surface area contributed by atoms with Crippen molar-refractivity contribution < 1.29 is 4.21 Å². The molecule has 1 aliphatic rings. The molecule has 0 unspecified atom stereocenters. The fourth-order valence-corrected chi connectivity index (χ4v) is 2.86. The van der Waals surface area contributed by atoms with E-state index in [4.69, 9.17) is 11.6 Å². The molecule has 1 aromatic carbocycles. The van der Waals surface area contributed by atoms with Gasteiger partial charge < -0.3 is 0 Å². The quantitative estimate of drug-likeness (QED) is 0.709. The van der Waals surface area contributed by atoms with Crippen LogP contribution in [0, 0.1) is 0 Å². The molecule has 2 nitrogen and oxygen atoms in total. The van der Waals surface area contributed by atoms with Crippen LogP contribution >= 0.6 is 11.6 Å². The second-order valence-electron chi connectivity index (χ2n) is 3.11. The number of hydrogen-bond donors (Lipinski definition) is 0. The molecule has 1 fully saturated rings. The largest absolute Gasteiger partial charge is 0.249 e. The zero-order valence-corrected chi connectivity index (χ0v) is 8.64. The van der Waals surface area contributed by atoms with Crippen molar-refractivity contribution in [3.63, 3.8) is 0 Å². The Morgan fingerprint density at radius 1 is 1.38 bits per heavy atom. The molecule has 13 heavy (non-hydrogen) atoms. The van der Waals surface area contributed by atoms with Crippen molar-refractivity contribution in [3.05, 3.63) is 29.3 Å². The molecule has 0 bridgehead atoms. The summed E-state index contributed by atoms with van der Waals surface area (Å²) in [5.74, 6) is 1.47. The Balaban J connectivity index is 2.37. The molecule has 0 radical (unpaired) electrons. The normalized spacial score (nSPS) is 19.2. The monoisotopic (exact) mass is 215 g/mol. The number of halogens is 1. The van der Waals surface area contributed by atoms with Crippen LogP contribution in [0.5, 0.6) is 0 Å². The summed E-state index contributed by atoms with van der Waals surface area (Å²) in [7, 11) is -1.89. The van der Waals surface area contributed by atoms with Crippen LogP contribution in [0.1, 0.15) is 6.42 Å². The van der Waals surface area contributed by atoms with Crippen molar-refractivity contribution in [1.29, 1.82) is 0 Å². The van der Waals surface area contributed by atoms with Gasteiger partial charge in [0.1, 0.15) is 0 Å². The lowest BCUT2D eigenvalue weighted by Crippen LogP contribution is -2.22. The maximum atomic E-state index is 11.7. The third-order valence-corrected chi connectivity index (χ3v) is 4.64. The fourth-order valence-electron chi connectivity index (χ4n) is 1.21. The first-order chi connectivity index (χ1) is 6.18. The van der Waals surface area contributed by atoms with E-state index in [-0.39, 0.29) is 0 Å². The molecule has 0 N–H and O–H groups in total. The van der Waals surface area contributed by atoms with Crippen molar-refractivity contribution in [3.8, 4) is 0 Å². The predicted octanol–water partition coefficient (Wildman–Crippen LogP) is 2.84. The lowest BCUT2D eigenvalue weighted by Gasteiger charge is -2.17. The molecule has 0 aliphatic carbocycles. The third kappa shape index (κ3) is 2.03. The predicted molar refractivity (Wildman–Crippen MR) is 56.0 cm³/mol. The zero-order valence-electron chi connectivity index (χ0n) is 7.07. The second kappa shape index (κ2) is 3.31. The Morgan fingerprint density at radius 2 is 2.15 bits per heavy atom. The van der Waals surface area contributed by atoms with Crippen molar-refractivity contribution >= 4 is 27.0 Å². The zero-order chi connectivity index (χ0) is 9.31. The first-order valence-electron chi connectivity index (χ1n) is 4.16. The lowest BCUT2D eigenvalue weighted by atomic mass is 10.3. The Labute approximate surface area is 83.1 Å². The third-order valence-electron chi connectivity index (χ3n) is 2.01. The van der Waals surface area contributed by atoms with Crippen LogP contribution in [-0.4, -0.2) is 15.7 Å². The number of rotatable bonds is 1. The first-order valence-corrected chi connectivity index (χ1v) is 6.39. The average Bonchev–Trinajstić information content (AvgIpc) is 2.01. The van der Waals surface area contributed by atoms with Crippen LogP contribution in [0.25, 0.3) is 0 Å². The highest BCUT2D eigenvalue weighted by Gasteiger charge is 2.18. The van der Waals surface area contributed by atoms with Gasteiger partial charge in [0.15, 0.2) is 0 Å². The number of nitrogens with zero attached hydrogens (tertiary/aromatic N) is 1. The summed E-state index contributed by atoms with van der Waals surface area (Å²) in [6, 6.07) is 7.18. The molecule has 0 saturated carbocycles. The Kier molecular flexibility index (Phi) is 2.30. The Morgan fingerprint density at radius 3 is 2.69 bits per heavy atom. The van der Waals surface area contributed by atoms with Crippen molar-refractivity contribution in [2.45, 2.75) is 6.42 Å². The first kappa shape index (κ1) is 9.03. The SMILES string of the molecule is O=S1(=Nc2cccc(Cl)c2)CCC1. The van der Waals surface area contributed by atoms with E-state index < -0.39 is 9.73 Å². The van der Waals surface area contributed by atoms with E-state index in [0.29, 0.717) is 5.02 Å². The van der Waals surface area contributed by atoms with Gasteiger partial charge in [0, 0.05) is 16.5 Å². The molecule has 0 amide bonds. The summed E-state index contributed by atoms with van der Waals surface area (Å²) >= 11 is 5.78. The summed E-state index contributed by atoms with van der Waals surface area (Å²) in [6.07, 6.45) is 1.03. The van der Waals surface area contributed by atoms with Gasteiger partial charge >= 0.3 is 0 Å². The van der Waals surface area contributed by atoms with E-state index in [1.54, 1.807) is 12.1 Å². The molecular weight excluding hydrogens is 206 g/mol. The van der Waals surface area contributed by atoms with E-state index in [0.717, 1.165) is 23.6 Å². The minimum Gasteiger partial charge on any atom is -0.249 e.